The summed E-state index contributed by atoms with van der Waals surface area (Å²) in [6.45, 7) is 5.30. The van der Waals surface area contributed by atoms with Crippen molar-refractivity contribution in [3.05, 3.63) is 62.9 Å². The van der Waals surface area contributed by atoms with E-state index in [0.29, 0.717) is 31.7 Å². The smallest absolute Gasteiger partial charge is 0.316 e. The normalized spacial score (nSPS) is 18.8. The number of para-hydroxylation sites is 1. The first-order valence-corrected chi connectivity index (χ1v) is 11.2. The van der Waals surface area contributed by atoms with E-state index in [1.807, 2.05) is 51.2 Å². The maximum absolute atomic E-state index is 13.5. The second-order valence-corrected chi connectivity index (χ2v) is 8.62. The number of ether oxygens (including phenoxy) is 1. The lowest BCUT2D eigenvalue weighted by Gasteiger charge is -2.33. The van der Waals surface area contributed by atoms with E-state index in [-0.39, 0.29) is 18.1 Å². The Morgan fingerprint density at radius 2 is 2.12 bits per heavy atom. The minimum absolute atomic E-state index is 0.00222. The molecule has 0 spiro atoms. The van der Waals surface area contributed by atoms with E-state index in [1.165, 1.54) is 0 Å². The number of nitrogens with one attached hydrogen (secondary N) is 1. The molecule has 0 radical (unpaired) electrons. The third-order valence-corrected chi connectivity index (χ3v) is 6.80. The van der Waals surface area contributed by atoms with E-state index in [4.69, 9.17) is 14.6 Å². The van der Waals surface area contributed by atoms with Crippen LogP contribution in [0.25, 0.3) is 22.3 Å². The van der Waals surface area contributed by atoms with Gasteiger partial charge in [0.25, 0.3) is 5.56 Å². The number of hydrogen-bond acceptors (Lipinski definition) is 7. The van der Waals surface area contributed by atoms with Gasteiger partial charge >= 0.3 is 5.97 Å². The molecule has 1 aromatic carbocycles. The van der Waals surface area contributed by atoms with Gasteiger partial charge < -0.3 is 19.5 Å². The minimum atomic E-state index is -0.854. The summed E-state index contributed by atoms with van der Waals surface area (Å²) in [7, 11) is 1.85. The largest absolute Gasteiger partial charge is 0.460 e. The van der Waals surface area contributed by atoms with Gasteiger partial charge in [-0.1, -0.05) is 30.3 Å². The summed E-state index contributed by atoms with van der Waals surface area (Å²) in [4.78, 5) is 36.4. The first-order valence-electron chi connectivity index (χ1n) is 11.2. The number of benzene rings is 1. The fourth-order valence-electron chi connectivity index (χ4n) is 4.66. The molecule has 1 atom stereocenters. The molecular formula is C25H26N4O4. The van der Waals surface area contributed by atoms with E-state index >= 15 is 0 Å². The first kappa shape index (κ1) is 21.3. The van der Waals surface area contributed by atoms with Crippen LogP contribution in [-0.4, -0.2) is 41.9 Å². The Morgan fingerprint density at radius 1 is 1.30 bits per heavy atom. The van der Waals surface area contributed by atoms with Gasteiger partial charge in [-0.25, -0.2) is 4.98 Å². The molecule has 3 aromatic rings. The van der Waals surface area contributed by atoms with Crippen molar-refractivity contribution in [1.29, 1.82) is 0 Å². The van der Waals surface area contributed by atoms with Crippen LogP contribution in [0.15, 0.2) is 40.3 Å². The lowest BCUT2D eigenvalue weighted by Crippen LogP contribution is -2.42. The first-order chi connectivity index (χ1) is 16.0. The maximum Gasteiger partial charge on any atom is 0.316 e. The zero-order valence-electron chi connectivity index (χ0n) is 19.0. The summed E-state index contributed by atoms with van der Waals surface area (Å²) in [5.41, 5.74) is 4.37. The molecule has 8 nitrogen and oxygen atoms in total. The van der Waals surface area contributed by atoms with Crippen molar-refractivity contribution in [2.75, 3.05) is 20.2 Å². The molecule has 8 heteroatoms. The number of nitrogens with zero attached hydrogens (tertiary/aromatic N) is 3. The maximum atomic E-state index is 13.5. The third kappa shape index (κ3) is 3.24. The molecule has 1 N–H and O–H groups in total. The molecule has 33 heavy (non-hydrogen) atoms. The van der Waals surface area contributed by atoms with Crippen molar-refractivity contribution in [1.82, 2.24) is 14.9 Å². The predicted octanol–water partition coefficient (Wildman–Crippen LogP) is 2.72. The van der Waals surface area contributed by atoms with E-state index in [0.717, 1.165) is 39.0 Å². The molecule has 0 fully saturated rings. The Morgan fingerprint density at radius 3 is 2.91 bits per heavy atom. The SMILES string of the molecule is CC[C@@]1(C)C(=O)OCc2c1cc1n(c2=O)Cc2c-1nc1ccccc1c2/C=N/OCCNC. The van der Waals surface area contributed by atoms with Gasteiger partial charge in [-0.3, -0.25) is 9.59 Å². The zero-order chi connectivity index (χ0) is 23.2. The van der Waals surface area contributed by atoms with Crippen molar-refractivity contribution in [3.8, 4) is 11.4 Å². The van der Waals surface area contributed by atoms with Crippen LogP contribution in [0.1, 0.15) is 42.5 Å². The van der Waals surface area contributed by atoms with Gasteiger partial charge in [-0.2, -0.15) is 0 Å². The van der Waals surface area contributed by atoms with Gasteiger partial charge in [0, 0.05) is 23.1 Å². The Labute approximate surface area is 191 Å². The van der Waals surface area contributed by atoms with Gasteiger partial charge in [0.05, 0.1) is 40.6 Å². The van der Waals surface area contributed by atoms with Crippen LogP contribution < -0.4 is 10.9 Å². The average Bonchev–Trinajstić information content (AvgIpc) is 3.20. The van der Waals surface area contributed by atoms with Crippen molar-refractivity contribution in [2.24, 2.45) is 5.16 Å². The number of pyridine rings is 2. The Kier molecular flexibility index (Phi) is 5.25. The minimum Gasteiger partial charge on any atom is -0.460 e. The number of hydrogen-bond donors (Lipinski definition) is 1. The van der Waals surface area contributed by atoms with E-state index in [9.17, 15) is 9.59 Å². The molecule has 0 bridgehead atoms. The number of likely N-dealkylation sites (N-methyl/N-ethyl adjacent to an activating group) is 1. The summed E-state index contributed by atoms with van der Waals surface area (Å²) in [5, 5.41) is 8.13. The summed E-state index contributed by atoms with van der Waals surface area (Å²) in [6, 6.07) is 9.79. The van der Waals surface area contributed by atoms with Crippen LogP contribution >= 0.6 is 0 Å². The quantitative estimate of drug-likeness (QED) is 0.212. The highest BCUT2D eigenvalue weighted by Gasteiger charge is 2.43. The lowest BCUT2D eigenvalue weighted by atomic mass is 9.76. The predicted molar refractivity (Wildman–Crippen MR) is 125 cm³/mol. The summed E-state index contributed by atoms with van der Waals surface area (Å²) in [6.07, 6.45) is 2.25. The van der Waals surface area contributed by atoms with E-state index in [2.05, 4.69) is 10.5 Å². The number of oxime groups is 1. The van der Waals surface area contributed by atoms with Gasteiger partial charge in [-0.05, 0) is 38.1 Å². The highest BCUT2D eigenvalue weighted by Crippen LogP contribution is 2.40. The fraction of sp³-hybridized carbons (Fsp3) is 0.360. The molecule has 2 aliphatic rings. The highest BCUT2D eigenvalue weighted by atomic mass is 16.6. The molecule has 5 rings (SSSR count). The number of rotatable bonds is 6. The van der Waals surface area contributed by atoms with Crippen LogP contribution in [0, 0.1) is 0 Å². The Balaban J connectivity index is 1.70. The van der Waals surface area contributed by atoms with E-state index < -0.39 is 5.41 Å². The molecule has 2 aliphatic heterocycles. The Bertz CT molecular complexity index is 1360. The monoisotopic (exact) mass is 446 g/mol. The Hall–Kier alpha value is -3.52. The zero-order valence-corrected chi connectivity index (χ0v) is 19.0. The molecule has 0 saturated heterocycles. The lowest BCUT2D eigenvalue weighted by molar-refractivity contribution is -0.153. The van der Waals surface area contributed by atoms with E-state index in [1.54, 1.807) is 10.8 Å². The number of carbonyl (C=O) groups excluding carboxylic acids is 1. The molecule has 0 unspecified atom stereocenters. The number of carbonyl (C=O) groups is 1. The molecule has 0 aliphatic carbocycles. The summed E-state index contributed by atoms with van der Waals surface area (Å²) >= 11 is 0. The van der Waals surface area contributed by atoms with Crippen LogP contribution in [0.5, 0.6) is 0 Å². The molecule has 4 heterocycles. The standard InChI is InChI=1S/C25H26N4O4/c1-4-25(2)19-11-21-22-17(13-29(21)23(30)18(19)14-32-24(25)31)16(12-27-33-10-9-26-3)15-7-5-6-8-20(15)28-22/h5-8,11-12,26H,4,9-10,13-14H2,1-3H3/b27-12+/t25-/m1/s1. The molecule has 0 amide bonds. The fourth-order valence-corrected chi connectivity index (χ4v) is 4.66. The average molecular weight is 447 g/mol. The molecular weight excluding hydrogens is 420 g/mol. The summed E-state index contributed by atoms with van der Waals surface area (Å²) < 4.78 is 7.12. The second kappa shape index (κ2) is 8.12. The molecule has 0 saturated carbocycles. The number of esters is 1. The topological polar surface area (TPSA) is 94.8 Å². The summed E-state index contributed by atoms with van der Waals surface area (Å²) in [5.74, 6) is -0.293. The number of cyclic esters (lactones) is 1. The van der Waals surface area contributed by atoms with Crippen molar-refractivity contribution in [3.63, 3.8) is 0 Å². The van der Waals surface area contributed by atoms with Crippen LogP contribution in [0.3, 0.4) is 0 Å². The van der Waals surface area contributed by atoms with Gasteiger partial charge in [0.1, 0.15) is 13.2 Å². The van der Waals surface area contributed by atoms with Crippen LogP contribution in [0.4, 0.5) is 0 Å². The number of fused-ring (bicyclic) bond motifs is 5. The molecule has 2 aromatic heterocycles. The van der Waals surface area contributed by atoms with Crippen molar-refractivity contribution >= 4 is 23.1 Å². The highest BCUT2D eigenvalue weighted by molar-refractivity contribution is 6.02. The van der Waals surface area contributed by atoms with Crippen LogP contribution in [0.2, 0.25) is 0 Å². The third-order valence-electron chi connectivity index (χ3n) is 6.80. The van der Waals surface area contributed by atoms with Crippen molar-refractivity contribution in [2.45, 2.75) is 38.8 Å². The van der Waals surface area contributed by atoms with Crippen molar-refractivity contribution < 1.29 is 14.4 Å². The van der Waals surface area contributed by atoms with Gasteiger partial charge in [0.2, 0.25) is 0 Å². The van der Waals surface area contributed by atoms with Gasteiger partial charge in [0.15, 0.2) is 0 Å². The molecule has 170 valence electrons. The second-order valence-electron chi connectivity index (χ2n) is 8.62. The van der Waals surface area contributed by atoms with Crippen LogP contribution in [-0.2, 0) is 32.9 Å². The number of aromatic nitrogens is 2. The van der Waals surface area contributed by atoms with Gasteiger partial charge in [-0.15, -0.1) is 0 Å².